The van der Waals surface area contributed by atoms with E-state index in [1.807, 2.05) is 26.2 Å². The van der Waals surface area contributed by atoms with Crippen molar-refractivity contribution in [2.75, 3.05) is 17.2 Å². The molecular weight excluding hydrogens is 286 g/mol. The largest absolute Gasteiger partial charge is 0.486 e. The molecule has 0 atom stereocenters. The first-order valence-corrected chi connectivity index (χ1v) is 7.65. The molecule has 6 nitrogen and oxygen atoms in total. The van der Waals surface area contributed by atoms with Crippen LogP contribution in [-0.4, -0.2) is 22.2 Å². The second-order valence-corrected chi connectivity index (χ2v) is 6.22. The molecular formula is C14H17N5OS. The van der Waals surface area contributed by atoms with Gasteiger partial charge in [-0.05, 0) is 13.8 Å². The summed E-state index contributed by atoms with van der Waals surface area (Å²) in [4.78, 5) is 7.05. The van der Waals surface area contributed by atoms with Crippen molar-refractivity contribution in [2.24, 2.45) is 0 Å². The molecule has 1 aliphatic heterocycles. The van der Waals surface area contributed by atoms with Crippen LogP contribution < -0.4 is 15.4 Å². The number of hydrogen-bond donors (Lipinski definition) is 1. The molecule has 1 aliphatic rings. The molecule has 3 rings (SSSR count). The van der Waals surface area contributed by atoms with E-state index < -0.39 is 0 Å². The fourth-order valence-corrected chi connectivity index (χ4v) is 3.38. The molecule has 21 heavy (non-hydrogen) atoms. The second kappa shape index (κ2) is 5.30. The number of nitrogens with zero attached hydrogens (tertiary/aromatic N) is 4. The minimum absolute atomic E-state index is 0.0129. The molecule has 2 aromatic heterocycles. The molecule has 0 aliphatic carbocycles. The van der Waals surface area contributed by atoms with Crippen LogP contribution in [0, 0.1) is 11.3 Å². The molecule has 0 fully saturated rings. The number of thiophene rings is 1. The summed E-state index contributed by atoms with van der Waals surface area (Å²) < 4.78 is 7.99. The average molecular weight is 303 g/mol. The number of nitrogens with two attached hydrogens (primary N) is 1. The highest BCUT2D eigenvalue weighted by Gasteiger charge is 2.26. The highest BCUT2D eigenvalue weighted by atomic mass is 32.1. The number of nitriles is 1. The van der Waals surface area contributed by atoms with Crippen molar-refractivity contribution in [3.05, 3.63) is 23.1 Å². The van der Waals surface area contributed by atoms with Gasteiger partial charge in [0.25, 0.3) is 0 Å². The first kappa shape index (κ1) is 13.8. The van der Waals surface area contributed by atoms with Crippen molar-refractivity contribution >= 4 is 22.0 Å². The zero-order valence-corrected chi connectivity index (χ0v) is 12.9. The zero-order valence-electron chi connectivity index (χ0n) is 12.0. The third-order valence-electron chi connectivity index (χ3n) is 3.37. The summed E-state index contributed by atoms with van der Waals surface area (Å²) in [6.45, 7) is 6.33. The van der Waals surface area contributed by atoms with E-state index in [2.05, 4.69) is 20.5 Å². The summed E-state index contributed by atoms with van der Waals surface area (Å²) in [6, 6.07) is 2.15. The third kappa shape index (κ3) is 2.43. The highest BCUT2D eigenvalue weighted by molar-refractivity contribution is 7.17. The van der Waals surface area contributed by atoms with Crippen LogP contribution in [0.4, 0.5) is 10.7 Å². The Balaban J connectivity index is 1.97. The maximum atomic E-state index is 9.20. The fourth-order valence-electron chi connectivity index (χ4n) is 2.40. The van der Waals surface area contributed by atoms with Gasteiger partial charge in [-0.25, -0.2) is 4.98 Å². The average Bonchev–Trinajstić information content (AvgIpc) is 3.03. The third-order valence-corrected chi connectivity index (χ3v) is 4.52. The summed E-state index contributed by atoms with van der Waals surface area (Å²) in [6.07, 6.45) is 3.81. The molecule has 0 spiro atoms. The predicted octanol–water partition coefficient (Wildman–Crippen LogP) is 2.21. The first-order valence-electron chi connectivity index (χ1n) is 6.84. The summed E-state index contributed by atoms with van der Waals surface area (Å²) >= 11 is 1.39. The van der Waals surface area contributed by atoms with Gasteiger partial charge in [0.1, 0.15) is 27.5 Å². The Labute approximate surface area is 127 Å². The quantitative estimate of drug-likeness (QED) is 0.940. The van der Waals surface area contributed by atoms with Gasteiger partial charge < -0.3 is 19.9 Å². The van der Waals surface area contributed by atoms with E-state index in [0.717, 1.165) is 23.9 Å². The first-order chi connectivity index (χ1) is 10.1. The van der Waals surface area contributed by atoms with E-state index in [1.165, 1.54) is 11.3 Å². The summed E-state index contributed by atoms with van der Waals surface area (Å²) in [5.41, 5.74) is 6.50. The van der Waals surface area contributed by atoms with Gasteiger partial charge in [0.15, 0.2) is 5.75 Å². The molecule has 2 aromatic rings. The molecule has 0 aromatic carbocycles. The molecule has 0 amide bonds. The Morgan fingerprint density at radius 1 is 1.48 bits per heavy atom. The van der Waals surface area contributed by atoms with Crippen molar-refractivity contribution < 1.29 is 4.74 Å². The van der Waals surface area contributed by atoms with Crippen LogP contribution in [0.1, 0.15) is 24.5 Å². The molecule has 0 bridgehead atoms. The van der Waals surface area contributed by atoms with E-state index in [4.69, 9.17) is 10.5 Å². The SMILES string of the molecule is CC(C)Oc1c(N2CCn3ccnc3C2)sc(C#N)c1N. The van der Waals surface area contributed by atoms with E-state index in [-0.39, 0.29) is 6.10 Å². The lowest BCUT2D eigenvalue weighted by atomic mass is 10.3. The van der Waals surface area contributed by atoms with Crippen molar-refractivity contribution in [3.63, 3.8) is 0 Å². The van der Waals surface area contributed by atoms with Crippen LogP contribution in [0.25, 0.3) is 0 Å². The maximum absolute atomic E-state index is 9.20. The zero-order chi connectivity index (χ0) is 15.0. The molecule has 0 unspecified atom stereocenters. The summed E-state index contributed by atoms with van der Waals surface area (Å²) in [5.74, 6) is 1.65. The van der Waals surface area contributed by atoms with Crippen LogP contribution in [0.2, 0.25) is 0 Å². The lowest BCUT2D eigenvalue weighted by Gasteiger charge is -2.29. The molecule has 7 heteroatoms. The minimum atomic E-state index is 0.0129. The van der Waals surface area contributed by atoms with Crippen LogP contribution in [0.3, 0.4) is 0 Å². The number of hydrogen-bond acceptors (Lipinski definition) is 6. The Hall–Kier alpha value is -2.20. The minimum Gasteiger partial charge on any atom is -0.486 e. The topological polar surface area (TPSA) is 80.1 Å². The van der Waals surface area contributed by atoms with E-state index >= 15 is 0 Å². The van der Waals surface area contributed by atoms with Gasteiger partial charge in [-0.3, -0.25) is 0 Å². The molecule has 0 saturated carbocycles. The number of aromatic nitrogens is 2. The van der Waals surface area contributed by atoms with Crippen LogP contribution >= 0.6 is 11.3 Å². The number of rotatable bonds is 3. The number of anilines is 2. The fraction of sp³-hybridized carbons (Fsp3) is 0.429. The van der Waals surface area contributed by atoms with Gasteiger partial charge in [0.05, 0.1) is 12.6 Å². The standard InChI is InChI=1S/C14H17N5OS/c1-9(2)20-13-12(16)10(7-15)21-14(13)19-6-5-18-4-3-17-11(18)8-19/h3-4,9H,5-6,8,16H2,1-2H3. The van der Waals surface area contributed by atoms with E-state index in [9.17, 15) is 5.26 Å². The van der Waals surface area contributed by atoms with Gasteiger partial charge in [0.2, 0.25) is 0 Å². The van der Waals surface area contributed by atoms with Crippen LogP contribution in [0.5, 0.6) is 5.75 Å². The van der Waals surface area contributed by atoms with Crippen molar-refractivity contribution in [2.45, 2.75) is 33.0 Å². The van der Waals surface area contributed by atoms with Crippen LogP contribution in [-0.2, 0) is 13.1 Å². The van der Waals surface area contributed by atoms with Gasteiger partial charge >= 0.3 is 0 Å². The number of nitrogen functional groups attached to an aromatic ring is 1. The van der Waals surface area contributed by atoms with Crippen molar-refractivity contribution in [3.8, 4) is 11.8 Å². The van der Waals surface area contributed by atoms with Crippen LogP contribution in [0.15, 0.2) is 12.4 Å². The van der Waals surface area contributed by atoms with E-state index in [0.29, 0.717) is 22.9 Å². The molecule has 0 saturated heterocycles. The normalized spacial score (nSPS) is 14.1. The Morgan fingerprint density at radius 3 is 3.00 bits per heavy atom. The Kier molecular flexibility index (Phi) is 3.47. The Bertz CT molecular complexity index is 697. The monoisotopic (exact) mass is 303 g/mol. The molecule has 110 valence electrons. The molecule has 2 N–H and O–H groups in total. The lowest BCUT2D eigenvalue weighted by Crippen LogP contribution is -2.33. The highest BCUT2D eigenvalue weighted by Crippen LogP contribution is 2.45. The predicted molar refractivity (Wildman–Crippen MR) is 82.5 cm³/mol. The molecule has 3 heterocycles. The summed E-state index contributed by atoms with van der Waals surface area (Å²) in [5, 5.41) is 10.1. The van der Waals surface area contributed by atoms with Crippen molar-refractivity contribution in [1.29, 1.82) is 5.26 Å². The van der Waals surface area contributed by atoms with E-state index in [1.54, 1.807) is 0 Å². The van der Waals surface area contributed by atoms with Gasteiger partial charge in [0, 0.05) is 25.5 Å². The van der Waals surface area contributed by atoms with Crippen molar-refractivity contribution in [1.82, 2.24) is 9.55 Å². The van der Waals surface area contributed by atoms with Gasteiger partial charge in [-0.1, -0.05) is 0 Å². The lowest BCUT2D eigenvalue weighted by molar-refractivity contribution is 0.245. The maximum Gasteiger partial charge on any atom is 0.178 e. The number of imidazole rings is 1. The smallest absolute Gasteiger partial charge is 0.178 e. The summed E-state index contributed by atoms with van der Waals surface area (Å²) in [7, 11) is 0. The Morgan fingerprint density at radius 2 is 2.29 bits per heavy atom. The number of ether oxygens (including phenoxy) is 1. The van der Waals surface area contributed by atoms with Gasteiger partial charge in [-0.2, -0.15) is 5.26 Å². The molecule has 0 radical (unpaired) electrons. The van der Waals surface area contributed by atoms with Gasteiger partial charge in [-0.15, -0.1) is 11.3 Å². The second-order valence-electron chi connectivity index (χ2n) is 5.22. The number of fused-ring (bicyclic) bond motifs is 1.